The minimum Gasteiger partial charge on any atom is -0.488 e. The molecule has 3 aromatic carbocycles. The van der Waals surface area contributed by atoms with Crippen molar-refractivity contribution >= 4 is 29.1 Å². The van der Waals surface area contributed by atoms with E-state index in [9.17, 15) is 14.9 Å². The van der Waals surface area contributed by atoms with Crippen LogP contribution in [0.4, 0.5) is 11.4 Å². The van der Waals surface area contributed by atoms with Gasteiger partial charge in [0.25, 0.3) is 11.6 Å². The molecule has 0 aromatic heterocycles. The van der Waals surface area contributed by atoms with Gasteiger partial charge >= 0.3 is 0 Å². The molecule has 1 aliphatic heterocycles. The Morgan fingerprint density at radius 3 is 2.47 bits per heavy atom. The summed E-state index contributed by atoms with van der Waals surface area (Å²) in [5.41, 5.74) is 3.98. The third-order valence-electron chi connectivity index (χ3n) is 5.21. The Kier molecular flexibility index (Phi) is 5.81. The topological polar surface area (TPSA) is 85.0 Å². The number of carbonyl (C=O) groups excluding carboxylic acids is 1. The summed E-state index contributed by atoms with van der Waals surface area (Å²) in [5, 5.41) is 17.0. The Morgan fingerprint density at radius 1 is 1.03 bits per heavy atom. The van der Waals surface area contributed by atoms with Crippen LogP contribution in [0.3, 0.4) is 0 Å². The number of anilines is 1. The first kappa shape index (κ1) is 21.0. The number of aryl methyl sites for hydroxylation is 1. The summed E-state index contributed by atoms with van der Waals surface area (Å²) in [6.45, 7) is 4.03. The lowest BCUT2D eigenvalue weighted by molar-refractivity contribution is -0.384. The summed E-state index contributed by atoms with van der Waals surface area (Å²) in [6.07, 6.45) is 1.60. The van der Waals surface area contributed by atoms with Crippen LogP contribution in [0.2, 0.25) is 0 Å². The summed E-state index contributed by atoms with van der Waals surface area (Å²) < 4.78 is 6.00. The first-order valence-electron chi connectivity index (χ1n) is 10.1. The number of hydrazone groups is 1. The molecule has 1 heterocycles. The molecule has 1 amide bonds. The average molecular weight is 427 g/mol. The molecule has 0 fully saturated rings. The van der Waals surface area contributed by atoms with E-state index in [4.69, 9.17) is 4.74 Å². The van der Waals surface area contributed by atoms with Crippen molar-refractivity contribution in [2.24, 2.45) is 5.10 Å². The number of hydrogen-bond donors (Lipinski definition) is 0. The van der Waals surface area contributed by atoms with Crippen molar-refractivity contribution in [3.8, 4) is 5.75 Å². The van der Waals surface area contributed by atoms with Crippen molar-refractivity contribution in [3.63, 3.8) is 0 Å². The molecule has 160 valence electrons. The average Bonchev–Trinajstić information content (AvgIpc) is 3.08. The number of nitro benzene ring substituents is 1. The Bertz CT molecular complexity index is 1250. The summed E-state index contributed by atoms with van der Waals surface area (Å²) >= 11 is 0. The van der Waals surface area contributed by atoms with E-state index in [1.54, 1.807) is 31.2 Å². The van der Waals surface area contributed by atoms with Gasteiger partial charge in [-0.1, -0.05) is 42.5 Å². The molecular weight excluding hydrogens is 406 g/mol. The highest BCUT2D eigenvalue weighted by atomic mass is 16.6. The number of para-hydroxylation sites is 1. The van der Waals surface area contributed by atoms with Gasteiger partial charge in [-0.3, -0.25) is 14.9 Å². The summed E-state index contributed by atoms with van der Waals surface area (Å²) in [7, 11) is 0. The van der Waals surface area contributed by atoms with Crippen LogP contribution in [0.25, 0.3) is 6.08 Å². The highest BCUT2D eigenvalue weighted by Gasteiger charge is 2.29. The number of benzene rings is 3. The number of rotatable bonds is 6. The standard InChI is InChI=1S/C25H21N3O4/c1-17-8-6-7-9-19(17)16-32-24-13-12-22(28(30)31)14-20(24)15-23-18(2)26-27(25(23)29)21-10-4-3-5-11-21/h3-15H,16H2,1-2H3. The van der Waals surface area contributed by atoms with Gasteiger partial charge in [-0.15, -0.1) is 0 Å². The zero-order valence-corrected chi connectivity index (χ0v) is 17.7. The maximum atomic E-state index is 13.0. The lowest BCUT2D eigenvalue weighted by Gasteiger charge is -2.12. The first-order chi connectivity index (χ1) is 15.4. The zero-order valence-electron chi connectivity index (χ0n) is 17.7. The van der Waals surface area contributed by atoms with Gasteiger partial charge in [0.05, 0.1) is 21.9 Å². The molecule has 4 rings (SSSR count). The molecule has 7 nitrogen and oxygen atoms in total. The van der Waals surface area contributed by atoms with Crippen LogP contribution in [-0.2, 0) is 11.4 Å². The van der Waals surface area contributed by atoms with Crippen LogP contribution < -0.4 is 9.75 Å². The van der Waals surface area contributed by atoms with Gasteiger partial charge in [0.2, 0.25) is 0 Å². The normalized spacial score (nSPS) is 14.6. The molecule has 0 aliphatic carbocycles. The molecule has 0 unspecified atom stereocenters. The second-order valence-corrected chi connectivity index (χ2v) is 7.39. The highest BCUT2D eigenvalue weighted by Crippen LogP contribution is 2.30. The molecule has 7 heteroatoms. The van der Waals surface area contributed by atoms with Crippen LogP contribution in [0, 0.1) is 17.0 Å². The maximum absolute atomic E-state index is 13.0. The van der Waals surface area contributed by atoms with Crippen molar-refractivity contribution in [3.05, 3.63) is 105 Å². The van der Waals surface area contributed by atoms with Gasteiger partial charge in [-0.25, -0.2) is 0 Å². The van der Waals surface area contributed by atoms with E-state index >= 15 is 0 Å². The number of carbonyl (C=O) groups is 1. The van der Waals surface area contributed by atoms with E-state index in [0.29, 0.717) is 34.9 Å². The van der Waals surface area contributed by atoms with Crippen LogP contribution in [0.1, 0.15) is 23.6 Å². The molecule has 0 saturated carbocycles. The molecule has 0 N–H and O–H groups in total. The third kappa shape index (κ3) is 4.27. The number of hydrogen-bond acceptors (Lipinski definition) is 5. The smallest absolute Gasteiger partial charge is 0.280 e. The van der Waals surface area contributed by atoms with E-state index in [0.717, 1.165) is 11.1 Å². The predicted molar refractivity (Wildman–Crippen MR) is 124 cm³/mol. The second kappa shape index (κ2) is 8.85. The van der Waals surface area contributed by atoms with E-state index in [1.807, 2.05) is 49.4 Å². The highest BCUT2D eigenvalue weighted by molar-refractivity contribution is 6.32. The lowest BCUT2D eigenvalue weighted by atomic mass is 10.1. The minimum absolute atomic E-state index is 0.0833. The van der Waals surface area contributed by atoms with Gasteiger partial charge in [0, 0.05) is 17.7 Å². The van der Waals surface area contributed by atoms with Crippen LogP contribution in [0.15, 0.2) is 83.5 Å². The molecule has 0 radical (unpaired) electrons. The monoisotopic (exact) mass is 427 g/mol. The van der Waals surface area contributed by atoms with Gasteiger partial charge in [-0.2, -0.15) is 10.1 Å². The SMILES string of the molecule is CC1=NN(c2ccccc2)C(=O)C1=Cc1cc([N+](=O)[O-])ccc1OCc1ccccc1C. The molecule has 1 aliphatic rings. The van der Waals surface area contributed by atoms with Crippen LogP contribution >= 0.6 is 0 Å². The summed E-state index contributed by atoms with van der Waals surface area (Å²) in [4.78, 5) is 23.9. The fourth-order valence-corrected chi connectivity index (χ4v) is 3.41. The molecule has 32 heavy (non-hydrogen) atoms. The van der Waals surface area contributed by atoms with E-state index in [2.05, 4.69) is 5.10 Å². The molecule has 0 atom stereocenters. The van der Waals surface area contributed by atoms with Crippen LogP contribution in [0.5, 0.6) is 5.75 Å². The Morgan fingerprint density at radius 2 is 1.75 bits per heavy atom. The van der Waals surface area contributed by atoms with Gasteiger partial charge in [-0.05, 0) is 49.2 Å². The largest absolute Gasteiger partial charge is 0.488 e. The lowest BCUT2D eigenvalue weighted by Crippen LogP contribution is -2.21. The van der Waals surface area contributed by atoms with Crippen molar-refractivity contribution in [2.75, 3.05) is 5.01 Å². The Balaban J connectivity index is 1.68. The van der Waals surface area contributed by atoms with Gasteiger partial charge in [0.15, 0.2) is 0 Å². The fraction of sp³-hybridized carbons (Fsp3) is 0.120. The molecule has 3 aromatic rings. The number of nitrogens with zero attached hydrogens (tertiary/aromatic N) is 3. The van der Waals surface area contributed by atoms with Crippen molar-refractivity contribution in [1.82, 2.24) is 0 Å². The Hall–Kier alpha value is -4.26. The molecular formula is C25H21N3O4. The number of nitro groups is 1. The fourth-order valence-electron chi connectivity index (χ4n) is 3.41. The molecule has 0 spiro atoms. The minimum atomic E-state index is -0.471. The predicted octanol–water partition coefficient (Wildman–Crippen LogP) is 5.29. The van der Waals surface area contributed by atoms with Crippen molar-refractivity contribution in [2.45, 2.75) is 20.5 Å². The molecule has 0 bridgehead atoms. The van der Waals surface area contributed by atoms with Crippen molar-refractivity contribution < 1.29 is 14.5 Å². The van der Waals surface area contributed by atoms with E-state index in [-0.39, 0.29) is 11.6 Å². The Labute approximate surface area is 185 Å². The summed E-state index contributed by atoms with van der Waals surface area (Å²) in [5.74, 6) is 0.148. The molecule has 0 saturated heterocycles. The number of amides is 1. The van der Waals surface area contributed by atoms with Gasteiger partial charge in [0.1, 0.15) is 12.4 Å². The quantitative estimate of drug-likeness (QED) is 0.304. The number of non-ortho nitro benzene ring substituents is 1. The van der Waals surface area contributed by atoms with Gasteiger partial charge < -0.3 is 4.74 Å². The van der Waals surface area contributed by atoms with E-state index < -0.39 is 4.92 Å². The van der Waals surface area contributed by atoms with Crippen LogP contribution in [-0.4, -0.2) is 16.5 Å². The zero-order chi connectivity index (χ0) is 22.7. The van der Waals surface area contributed by atoms with E-state index in [1.165, 1.54) is 17.1 Å². The third-order valence-corrected chi connectivity index (χ3v) is 5.21. The second-order valence-electron chi connectivity index (χ2n) is 7.39. The number of ether oxygens (including phenoxy) is 1. The maximum Gasteiger partial charge on any atom is 0.280 e. The first-order valence-corrected chi connectivity index (χ1v) is 10.1. The van der Waals surface area contributed by atoms with Crippen molar-refractivity contribution in [1.29, 1.82) is 0 Å². The summed E-state index contributed by atoms with van der Waals surface area (Å²) in [6, 6.07) is 21.3.